The van der Waals surface area contributed by atoms with Crippen molar-refractivity contribution in [1.82, 2.24) is 5.32 Å². The van der Waals surface area contributed by atoms with Gasteiger partial charge in [0, 0.05) is 5.54 Å². The Labute approximate surface area is 113 Å². The lowest BCUT2D eigenvalue weighted by Gasteiger charge is -2.28. The number of benzene rings is 1. The molecule has 0 saturated carbocycles. The van der Waals surface area contributed by atoms with Crippen LogP contribution in [0.3, 0.4) is 0 Å². The molecule has 1 aromatic carbocycles. The van der Waals surface area contributed by atoms with E-state index in [-0.39, 0.29) is 5.54 Å². The molecule has 0 amide bonds. The molecule has 0 aliphatic carbocycles. The van der Waals surface area contributed by atoms with Gasteiger partial charge in [-0.3, -0.25) is 0 Å². The van der Waals surface area contributed by atoms with Crippen molar-refractivity contribution in [2.75, 3.05) is 27.0 Å². The molecule has 0 aromatic heterocycles. The van der Waals surface area contributed by atoms with Gasteiger partial charge in [0.1, 0.15) is 0 Å². The third-order valence-corrected chi connectivity index (χ3v) is 4.48. The van der Waals surface area contributed by atoms with Gasteiger partial charge in [0.15, 0.2) is 11.5 Å². The highest BCUT2D eigenvalue weighted by molar-refractivity contribution is 7.98. The average Bonchev–Trinajstić information content (AvgIpc) is 2.84. The standard InChI is InChI=1S/C14H21NO2S/c1-14(8-5-9-15-14)10-6-7-11(16-2)12(17-3)13(10)18-4/h6-7,15H,5,8-9H2,1-4H3. The molecule has 1 aliphatic rings. The maximum absolute atomic E-state index is 5.53. The minimum atomic E-state index is 0.0535. The number of thioether (sulfide) groups is 1. The Morgan fingerprint density at radius 3 is 2.56 bits per heavy atom. The number of nitrogens with one attached hydrogen (secondary N) is 1. The zero-order chi connectivity index (χ0) is 13.2. The highest BCUT2D eigenvalue weighted by Crippen LogP contribution is 2.44. The molecule has 3 nitrogen and oxygen atoms in total. The molecule has 1 N–H and O–H groups in total. The second-order valence-corrected chi connectivity index (χ2v) is 5.56. The molecular formula is C14H21NO2S. The third kappa shape index (κ3) is 2.19. The molecule has 1 unspecified atom stereocenters. The molecule has 1 heterocycles. The van der Waals surface area contributed by atoms with Crippen molar-refractivity contribution in [2.45, 2.75) is 30.2 Å². The Hall–Kier alpha value is -0.870. The van der Waals surface area contributed by atoms with E-state index < -0.39 is 0 Å². The summed E-state index contributed by atoms with van der Waals surface area (Å²) in [5, 5.41) is 3.60. The Kier molecular flexibility index (Phi) is 4.07. The fourth-order valence-corrected chi connectivity index (χ4v) is 3.54. The van der Waals surface area contributed by atoms with E-state index in [1.165, 1.54) is 16.9 Å². The summed E-state index contributed by atoms with van der Waals surface area (Å²) in [6, 6.07) is 4.16. The minimum absolute atomic E-state index is 0.0535. The minimum Gasteiger partial charge on any atom is -0.493 e. The second-order valence-electron chi connectivity index (χ2n) is 4.74. The lowest BCUT2D eigenvalue weighted by atomic mass is 9.90. The number of ether oxygens (including phenoxy) is 2. The van der Waals surface area contributed by atoms with Crippen molar-refractivity contribution < 1.29 is 9.47 Å². The van der Waals surface area contributed by atoms with Crippen LogP contribution in [0.15, 0.2) is 17.0 Å². The van der Waals surface area contributed by atoms with E-state index in [0.717, 1.165) is 24.5 Å². The maximum Gasteiger partial charge on any atom is 0.174 e. The van der Waals surface area contributed by atoms with Gasteiger partial charge in [-0.05, 0) is 44.2 Å². The van der Waals surface area contributed by atoms with E-state index >= 15 is 0 Å². The van der Waals surface area contributed by atoms with Crippen LogP contribution in [0, 0.1) is 0 Å². The molecule has 2 rings (SSSR count). The largest absolute Gasteiger partial charge is 0.493 e. The van der Waals surface area contributed by atoms with Crippen molar-refractivity contribution in [3.8, 4) is 11.5 Å². The third-order valence-electron chi connectivity index (χ3n) is 3.67. The smallest absolute Gasteiger partial charge is 0.174 e. The Balaban J connectivity index is 2.54. The first-order chi connectivity index (χ1) is 8.66. The van der Waals surface area contributed by atoms with Gasteiger partial charge >= 0.3 is 0 Å². The molecule has 1 fully saturated rings. The first-order valence-electron chi connectivity index (χ1n) is 6.20. The number of hydrogen-bond donors (Lipinski definition) is 1. The molecule has 1 aromatic rings. The van der Waals surface area contributed by atoms with Gasteiger partial charge in [-0.1, -0.05) is 6.07 Å². The molecule has 1 saturated heterocycles. The van der Waals surface area contributed by atoms with Gasteiger partial charge < -0.3 is 14.8 Å². The molecule has 1 aliphatic heterocycles. The SMILES string of the molecule is COc1ccc(C2(C)CCCN2)c(SC)c1OC. The first kappa shape index (κ1) is 13.6. The van der Waals surface area contributed by atoms with E-state index in [0.29, 0.717) is 0 Å². The van der Waals surface area contributed by atoms with Gasteiger partial charge in [-0.2, -0.15) is 0 Å². The van der Waals surface area contributed by atoms with Crippen molar-refractivity contribution in [3.05, 3.63) is 17.7 Å². The van der Waals surface area contributed by atoms with Crippen LogP contribution in [0.25, 0.3) is 0 Å². The fraction of sp³-hybridized carbons (Fsp3) is 0.571. The van der Waals surface area contributed by atoms with E-state index in [1.807, 2.05) is 6.07 Å². The molecule has 0 spiro atoms. The van der Waals surface area contributed by atoms with Crippen LogP contribution >= 0.6 is 11.8 Å². The molecule has 1 atom stereocenters. The summed E-state index contributed by atoms with van der Waals surface area (Å²) in [6.45, 7) is 3.35. The normalized spacial score (nSPS) is 23.1. The number of rotatable bonds is 4. The van der Waals surface area contributed by atoms with Crippen LogP contribution in [0.2, 0.25) is 0 Å². The summed E-state index contributed by atoms with van der Waals surface area (Å²) < 4.78 is 10.9. The van der Waals surface area contributed by atoms with E-state index in [2.05, 4.69) is 24.6 Å². The van der Waals surface area contributed by atoms with E-state index in [9.17, 15) is 0 Å². The van der Waals surface area contributed by atoms with Crippen LogP contribution in [0.5, 0.6) is 11.5 Å². The Bertz CT molecular complexity index is 428. The van der Waals surface area contributed by atoms with Gasteiger partial charge in [0.25, 0.3) is 0 Å². The zero-order valence-electron chi connectivity index (χ0n) is 11.5. The maximum atomic E-state index is 5.53. The monoisotopic (exact) mass is 267 g/mol. The summed E-state index contributed by atoms with van der Waals surface area (Å²) in [7, 11) is 3.38. The first-order valence-corrected chi connectivity index (χ1v) is 7.43. The van der Waals surface area contributed by atoms with Crippen molar-refractivity contribution in [1.29, 1.82) is 0 Å². The van der Waals surface area contributed by atoms with Gasteiger partial charge in [0.05, 0.1) is 19.1 Å². The van der Waals surface area contributed by atoms with Crippen LogP contribution < -0.4 is 14.8 Å². The highest BCUT2D eigenvalue weighted by atomic mass is 32.2. The topological polar surface area (TPSA) is 30.5 Å². The fourth-order valence-electron chi connectivity index (χ4n) is 2.66. The van der Waals surface area contributed by atoms with Gasteiger partial charge in [-0.15, -0.1) is 11.8 Å². The Morgan fingerprint density at radius 2 is 2.06 bits per heavy atom. The van der Waals surface area contributed by atoms with Crippen molar-refractivity contribution in [3.63, 3.8) is 0 Å². The summed E-state index contributed by atoms with van der Waals surface area (Å²) in [5.74, 6) is 1.64. The Morgan fingerprint density at radius 1 is 1.28 bits per heavy atom. The van der Waals surface area contributed by atoms with Gasteiger partial charge in [-0.25, -0.2) is 0 Å². The van der Waals surface area contributed by atoms with E-state index in [4.69, 9.17) is 9.47 Å². The molecular weight excluding hydrogens is 246 g/mol. The molecule has 18 heavy (non-hydrogen) atoms. The van der Waals surface area contributed by atoms with Crippen LogP contribution in [-0.4, -0.2) is 27.0 Å². The van der Waals surface area contributed by atoms with Crippen LogP contribution in [0.1, 0.15) is 25.3 Å². The lowest BCUT2D eigenvalue weighted by molar-refractivity contribution is 0.341. The average molecular weight is 267 g/mol. The summed E-state index contributed by atoms with van der Waals surface area (Å²) >= 11 is 1.72. The predicted octanol–water partition coefficient (Wildman–Crippen LogP) is 3.02. The molecule has 4 heteroatoms. The summed E-state index contributed by atoms with van der Waals surface area (Å²) in [5.41, 5.74) is 1.36. The molecule has 100 valence electrons. The quantitative estimate of drug-likeness (QED) is 0.850. The molecule has 0 bridgehead atoms. The van der Waals surface area contributed by atoms with E-state index in [1.54, 1.807) is 26.0 Å². The van der Waals surface area contributed by atoms with Crippen molar-refractivity contribution in [2.24, 2.45) is 0 Å². The highest BCUT2D eigenvalue weighted by Gasteiger charge is 2.33. The predicted molar refractivity (Wildman–Crippen MR) is 75.9 cm³/mol. The summed E-state index contributed by atoms with van der Waals surface area (Å²) in [4.78, 5) is 1.17. The van der Waals surface area contributed by atoms with Crippen LogP contribution in [0.4, 0.5) is 0 Å². The second kappa shape index (κ2) is 5.41. The summed E-state index contributed by atoms with van der Waals surface area (Å²) in [6.07, 6.45) is 4.47. The lowest BCUT2D eigenvalue weighted by Crippen LogP contribution is -2.33. The van der Waals surface area contributed by atoms with Crippen LogP contribution in [-0.2, 0) is 5.54 Å². The zero-order valence-corrected chi connectivity index (χ0v) is 12.3. The van der Waals surface area contributed by atoms with Crippen molar-refractivity contribution >= 4 is 11.8 Å². The number of methoxy groups -OCH3 is 2. The van der Waals surface area contributed by atoms with Gasteiger partial charge in [0.2, 0.25) is 0 Å². The number of hydrogen-bond acceptors (Lipinski definition) is 4. The molecule has 0 radical (unpaired) electrons.